The van der Waals surface area contributed by atoms with Gasteiger partial charge in [-0.25, -0.2) is 4.99 Å². The molecule has 1 aromatic carbocycles. The molecule has 1 aliphatic heterocycles. The fraction of sp³-hybridized carbons (Fsp3) is 0.435. The van der Waals surface area contributed by atoms with Crippen LogP contribution in [-0.2, 0) is 11.3 Å². The maximum absolute atomic E-state index is 12.0. The van der Waals surface area contributed by atoms with Crippen LogP contribution in [-0.4, -0.2) is 55.4 Å². The normalized spacial score (nSPS) is 14.9. The molecule has 5 N–H and O–H groups in total. The second kappa shape index (κ2) is 13.8. The SMILES string of the molecule is CCNC(=NCc1ccc(C(=O)NCC(N)=O)cc1)NCC(c1ccco1)N1CCCC1.I. The molecule has 2 amide bonds. The van der Waals surface area contributed by atoms with E-state index in [-0.39, 0.29) is 42.5 Å². The van der Waals surface area contributed by atoms with Crippen LogP contribution < -0.4 is 21.7 Å². The molecule has 10 heteroatoms. The second-order valence-corrected chi connectivity index (χ2v) is 7.70. The highest BCUT2D eigenvalue weighted by Crippen LogP contribution is 2.24. The molecule has 3 rings (SSSR count). The number of furan rings is 1. The number of likely N-dealkylation sites (tertiary alicyclic amines) is 1. The van der Waals surface area contributed by atoms with E-state index in [0.717, 1.165) is 36.9 Å². The molecule has 1 unspecified atom stereocenters. The van der Waals surface area contributed by atoms with Gasteiger partial charge < -0.3 is 26.1 Å². The first-order valence-electron chi connectivity index (χ1n) is 11.0. The lowest BCUT2D eigenvalue weighted by molar-refractivity contribution is -0.117. The Balaban J connectivity index is 0.00000385. The molecule has 0 bridgehead atoms. The standard InChI is InChI=1S/C23H32N6O3.HI/c1-2-25-23(28-15-19(20-6-5-13-32-20)29-11-3-4-12-29)27-14-17-7-9-18(10-8-17)22(31)26-16-21(24)30;/h5-10,13,19H,2-4,11-12,14-16H2,1H3,(H2,24,30)(H,26,31)(H2,25,27,28);1H. The van der Waals surface area contributed by atoms with Crippen molar-refractivity contribution in [2.24, 2.45) is 10.7 Å². The maximum Gasteiger partial charge on any atom is 0.251 e. The van der Waals surface area contributed by atoms with Crippen LogP contribution in [0, 0.1) is 0 Å². The van der Waals surface area contributed by atoms with Gasteiger partial charge in [0.15, 0.2) is 5.96 Å². The van der Waals surface area contributed by atoms with Gasteiger partial charge >= 0.3 is 0 Å². The molecule has 180 valence electrons. The van der Waals surface area contributed by atoms with Crippen molar-refractivity contribution in [1.29, 1.82) is 0 Å². The molecule has 0 aliphatic carbocycles. The highest BCUT2D eigenvalue weighted by Gasteiger charge is 2.25. The number of amides is 2. The number of guanidine groups is 1. The molecular formula is C23H33IN6O3. The van der Waals surface area contributed by atoms with E-state index in [1.54, 1.807) is 18.4 Å². The van der Waals surface area contributed by atoms with Crippen molar-refractivity contribution in [3.05, 3.63) is 59.5 Å². The molecule has 33 heavy (non-hydrogen) atoms. The van der Waals surface area contributed by atoms with Gasteiger partial charge in [-0.2, -0.15) is 0 Å². The van der Waals surface area contributed by atoms with E-state index in [1.165, 1.54) is 12.8 Å². The van der Waals surface area contributed by atoms with Crippen LogP contribution in [0.15, 0.2) is 52.1 Å². The Morgan fingerprint density at radius 3 is 2.45 bits per heavy atom. The van der Waals surface area contributed by atoms with Gasteiger partial charge in [0.1, 0.15) is 5.76 Å². The third-order valence-electron chi connectivity index (χ3n) is 5.32. The number of nitrogens with two attached hydrogens (primary N) is 1. The summed E-state index contributed by atoms with van der Waals surface area (Å²) in [5.74, 6) is 0.776. The largest absolute Gasteiger partial charge is 0.468 e. The minimum absolute atomic E-state index is 0. The maximum atomic E-state index is 12.0. The Morgan fingerprint density at radius 1 is 1.12 bits per heavy atom. The molecule has 2 aromatic rings. The van der Waals surface area contributed by atoms with Gasteiger partial charge in [0, 0.05) is 18.7 Å². The topological polar surface area (TPSA) is 125 Å². The van der Waals surface area contributed by atoms with Crippen LogP contribution in [0.4, 0.5) is 0 Å². The molecule has 1 fully saturated rings. The number of nitrogens with one attached hydrogen (secondary N) is 3. The monoisotopic (exact) mass is 568 g/mol. The van der Waals surface area contributed by atoms with Gasteiger partial charge in [-0.05, 0) is 62.7 Å². The number of primary amides is 1. The minimum atomic E-state index is -0.577. The van der Waals surface area contributed by atoms with E-state index in [9.17, 15) is 9.59 Å². The summed E-state index contributed by atoms with van der Waals surface area (Å²) in [6.45, 7) is 5.90. The average Bonchev–Trinajstić information content (AvgIpc) is 3.51. The van der Waals surface area contributed by atoms with Gasteiger partial charge in [-0.1, -0.05) is 12.1 Å². The third-order valence-corrected chi connectivity index (χ3v) is 5.32. The lowest BCUT2D eigenvalue weighted by Crippen LogP contribution is -2.42. The molecule has 0 radical (unpaired) electrons. The highest BCUT2D eigenvalue weighted by atomic mass is 127. The second-order valence-electron chi connectivity index (χ2n) is 7.70. The lowest BCUT2D eigenvalue weighted by Gasteiger charge is -2.26. The quantitative estimate of drug-likeness (QED) is 0.198. The molecule has 1 aromatic heterocycles. The van der Waals surface area contributed by atoms with Crippen molar-refractivity contribution < 1.29 is 14.0 Å². The van der Waals surface area contributed by atoms with Crippen LogP contribution in [0.25, 0.3) is 0 Å². The number of hydrogen-bond donors (Lipinski definition) is 4. The fourth-order valence-corrected chi connectivity index (χ4v) is 3.68. The van der Waals surface area contributed by atoms with Gasteiger partial charge in [0.25, 0.3) is 5.91 Å². The first-order valence-corrected chi connectivity index (χ1v) is 11.0. The number of carbonyl (C=O) groups is 2. The molecule has 1 atom stereocenters. The van der Waals surface area contributed by atoms with Crippen molar-refractivity contribution in [2.45, 2.75) is 32.4 Å². The number of halogens is 1. The Bertz CT molecular complexity index is 895. The van der Waals surface area contributed by atoms with Gasteiger partial charge in [-0.3, -0.25) is 14.5 Å². The first-order chi connectivity index (χ1) is 15.6. The zero-order valence-corrected chi connectivity index (χ0v) is 21.2. The Morgan fingerprint density at radius 2 is 1.85 bits per heavy atom. The lowest BCUT2D eigenvalue weighted by atomic mass is 10.1. The smallest absolute Gasteiger partial charge is 0.251 e. The van der Waals surface area contributed by atoms with E-state index in [4.69, 9.17) is 10.2 Å². The van der Waals surface area contributed by atoms with Crippen molar-refractivity contribution in [3.8, 4) is 0 Å². The minimum Gasteiger partial charge on any atom is -0.468 e. The Kier molecular flexibility index (Phi) is 11.2. The molecule has 2 heterocycles. The van der Waals surface area contributed by atoms with Crippen LogP contribution in [0.3, 0.4) is 0 Å². The van der Waals surface area contributed by atoms with Crippen molar-refractivity contribution in [2.75, 3.05) is 32.7 Å². The number of aliphatic imine (C=N–C) groups is 1. The van der Waals surface area contributed by atoms with Crippen LogP contribution >= 0.6 is 24.0 Å². The summed E-state index contributed by atoms with van der Waals surface area (Å²) >= 11 is 0. The zero-order valence-electron chi connectivity index (χ0n) is 18.9. The zero-order chi connectivity index (χ0) is 22.8. The molecule has 9 nitrogen and oxygen atoms in total. The molecule has 1 saturated heterocycles. The number of rotatable bonds is 10. The summed E-state index contributed by atoms with van der Waals surface area (Å²) < 4.78 is 5.69. The predicted molar refractivity (Wildman–Crippen MR) is 138 cm³/mol. The van der Waals surface area contributed by atoms with E-state index in [1.807, 2.05) is 31.2 Å². The van der Waals surface area contributed by atoms with E-state index in [2.05, 4.69) is 25.8 Å². The number of benzene rings is 1. The van der Waals surface area contributed by atoms with E-state index >= 15 is 0 Å². The third kappa shape index (κ3) is 8.35. The average molecular weight is 568 g/mol. The van der Waals surface area contributed by atoms with Crippen LogP contribution in [0.2, 0.25) is 0 Å². The molecular weight excluding hydrogens is 535 g/mol. The van der Waals surface area contributed by atoms with Crippen LogP contribution in [0.1, 0.15) is 47.5 Å². The summed E-state index contributed by atoms with van der Waals surface area (Å²) in [5, 5.41) is 9.20. The van der Waals surface area contributed by atoms with Crippen molar-refractivity contribution in [3.63, 3.8) is 0 Å². The first kappa shape index (κ1) is 26.7. The summed E-state index contributed by atoms with van der Waals surface area (Å²) in [7, 11) is 0. The van der Waals surface area contributed by atoms with Gasteiger partial charge in [-0.15, -0.1) is 24.0 Å². The van der Waals surface area contributed by atoms with Crippen molar-refractivity contribution in [1.82, 2.24) is 20.9 Å². The fourth-order valence-electron chi connectivity index (χ4n) is 3.68. The van der Waals surface area contributed by atoms with E-state index < -0.39 is 5.91 Å². The summed E-state index contributed by atoms with van der Waals surface area (Å²) in [5.41, 5.74) is 6.49. The van der Waals surface area contributed by atoms with Gasteiger partial charge in [0.2, 0.25) is 5.91 Å². The Hall–Kier alpha value is -2.60. The van der Waals surface area contributed by atoms with Crippen molar-refractivity contribution >= 4 is 41.8 Å². The number of carbonyl (C=O) groups excluding carboxylic acids is 2. The summed E-state index contributed by atoms with van der Waals surface area (Å²) in [4.78, 5) is 29.9. The molecule has 1 aliphatic rings. The van der Waals surface area contributed by atoms with Crippen LogP contribution in [0.5, 0.6) is 0 Å². The van der Waals surface area contributed by atoms with Gasteiger partial charge in [0.05, 0.1) is 25.4 Å². The molecule has 0 spiro atoms. The highest BCUT2D eigenvalue weighted by molar-refractivity contribution is 14.0. The Labute approximate surface area is 211 Å². The summed E-state index contributed by atoms with van der Waals surface area (Å²) in [6, 6.07) is 11.2. The predicted octanol–water partition coefficient (Wildman–Crippen LogP) is 2.00. The number of nitrogens with zero attached hydrogens (tertiary/aromatic N) is 2. The van der Waals surface area contributed by atoms with E-state index in [0.29, 0.717) is 18.7 Å². The number of hydrogen-bond acceptors (Lipinski definition) is 5. The summed E-state index contributed by atoms with van der Waals surface area (Å²) in [6.07, 6.45) is 4.14. The molecule has 0 saturated carbocycles.